The van der Waals surface area contributed by atoms with Gasteiger partial charge < -0.3 is 5.32 Å². The number of amides is 1. The van der Waals surface area contributed by atoms with E-state index in [1.165, 1.54) is 43.9 Å². The van der Waals surface area contributed by atoms with Crippen LogP contribution >= 0.6 is 11.8 Å². The van der Waals surface area contributed by atoms with E-state index in [0.29, 0.717) is 5.92 Å². The van der Waals surface area contributed by atoms with Gasteiger partial charge in [0.25, 0.3) is 0 Å². The van der Waals surface area contributed by atoms with Gasteiger partial charge in [0.1, 0.15) is 0 Å². The molecule has 2 aromatic rings. The topological polar surface area (TPSA) is 59.3 Å². The third kappa shape index (κ3) is 3.61. The van der Waals surface area contributed by atoms with E-state index >= 15 is 0 Å². The number of pyridine rings is 1. The van der Waals surface area contributed by atoms with Crippen molar-refractivity contribution in [3.05, 3.63) is 24.4 Å². The molecule has 118 valence electrons. The molecular weight excluding hydrogens is 296 g/mol. The maximum atomic E-state index is 12.3. The van der Waals surface area contributed by atoms with Crippen LogP contribution in [-0.2, 0) is 4.79 Å². The number of fused-ring (bicyclic) bond motifs is 1. The second-order valence-electron chi connectivity index (χ2n) is 5.92. The van der Waals surface area contributed by atoms with Gasteiger partial charge in [0.15, 0.2) is 10.8 Å². The highest BCUT2D eigenvalue weighted by Crippen LogP contribution is 2.24. The number of rotatable bonds is 5. The Morgan fingerprint density at radius 3 is 3.00 bits per heavy atom. The molecule has 1 aliphatic carbocycles. The van der Waals surface area contributed by atoms with Gasteiger partial charge in [-0.1, -0.05) is 37.1 Å². The minimum atomic E-state index is -0.170. The maximum absolute atomic E-state index is 12.3. The van der Waals surface area contributed by atoms with Crippen molar-refractivity contribution in [3.8, 4) is 0 Å². The fourth-order valence-corrected chi connectivity index (χ4v) is 3.75. The summed E-state index contributed by atoms with van der Waals surface area (Å²) in [5.74, 6) is 0.743. The quantitative estimate of drug-likeness (QED) is 0.861. The van der Waals surface area contributed by atoms with Gasteiger partial charge in [-0.05, 0) is 37.8 Å². The Morgan fingerprint density at radius 1 is 1.36 bits per heavy atom. The minimum Gasteiger partial charge on any atom is -0.355 e. The van der Waals surface area contributed by atoms with Crippen LogP contribution in [0.15, 0.2) is 29.6 Å². The summed E-state index contributed by atoms with van der Waals surface area (Å²) >= 11 is 1.45. The Balaban J connectivity index is 1.54. The van der Waals surface area contributed by atoms with Crippen LogP contribution in [0.2, 0.25) is 0 Å². The summed E-state index contributed by atoms with van der Waals surface area (Å²) in [6.07, 6.45) is 8.36. The Morgan fingerprint density at radius 2 is 2.18 bits per heavy atom. The smallest absolute Gasteiger partial charge is 0.233 e. The molecule has 0 saturated heterocycles. The van der Waals surface area contributed by atoms with Crippen molar-refractivity contribution in [2.24, 2.45) is 5.92 Å². The summed E-state index contributed by atoms with van der Waals surface area (Å²) in [6.45, 7) is 2.73. The lowest BCUT2D eigenvalue weighted by molar-refractivity contribution is -0.120. The number of hydrogen-bond donors (Lipinski definition) is 1. The fourth-order valence-electron chi connectivity index (χ4n) is 2.89. The third-order valence-electron chi connectivity index (χ3n) is 4.22. The van der Waals surface area contributed by atoms with Gasteiger partial charge >= 0.3 is 0 Å². The summed E-state index contributed by atoms with van der Waals surface area (Å²) < 4.78 is 1.91. The summed E-state index contributed by atoms with van der Waals surface area (Å²) in [4.78, 5) is 12.3. The average molecular weight is 318 g/mol. The molecule has 0 bridgehead atoms. The molecule has 6 heteroatoms. The van der Waals surface area contributed by atoms with Crippen LogP contribution in [0.4, 0.5) is 0 Å². The molecule has 3 rings (SSSR count). The number of carbonyl (C=O) groups excluding carboxylic acids is 1. The number of nitrogens with zero attached hydrogens (tertiary/aromatic N) is 3. The Labute approximate surface area is 134 Å². The van der Waals surface area contributed by atoms with Crippen molar-refractivity contribution in [3.63, 3.8) is 0 Å². The van der Waals surface area contributed by atoms with Crippen LogP contribution in [0.25, 0.3) is 5.65 Å². The zero-order chi connectivity index (χ0) is 15.4. The van der Waals surface area contributed by atoms with E-state index in [-0.39, 0.29) is 11.2 Å². The van der Waals surface area contributed by atoms with E-state index in [0.717, 1.165) is 17.3 Å². The largest absolute Gasteiger partial charge is 0.355 e. The van der Waals surface area contributed by atoms with Gasteiger partial charge in [0.05, 0.1) is 5.25 Å². The van der Waals surface area contributed by atoms with Crippen molar-refractivity contribution >= 4 is 23.3 Å². The van der Waals surface area contributed by atoms with Gasteiger partial charge in [-0.25, -0.2) is 0 Å². The summed E-state index contributed by atoms with van der Waals surface area (Å²) in [5, 5.41) is 12.0. The second kappa shape index (κ2) is 7.13. The summed E-state index contributed by atoms with van der Waals surface area (Å²) in [5.41, 5.74) is 0.805. The molecule has 5 nitrogen and oxygen atoms in total. The van der Waals surface area contributed by atoms with Crippen molar-refractivity contribution < 1.29 is 4.79 Å². The Kier molecular flexibility index (Phi) is 4.97. The van der Waals surface area contributed by atoms with Crippen LogP contribution in [0.1, 0.15) is 39.0 Å². The first-order valence-electron chi connectivity index (χ1n) is 7.98. The highest BCUT2D eigenvalue weighted by atomic mass is 32.2. The van der Waals surface area contributed by atoms with Gasteiger partial charge in [0, 0.05) is 12.7 Å². The van der Waals surface area contributed by atoms with E-state index < -0.39 is 0 Å². The lowest BCUT2D eigenvalue weighted by Gasteiger charge is -2.22. The van der Waals surface area contributed by atoms with Crippen LogP contribution in [0, 0.1) is 5.92 Å². The van der Waals surface area contributed by atoms with Crippen molar-refractivity contribution in [1.82, 2.24) is 19.9 Å². The number of nitrogens with one attached hydrogen (secondary N) is 1. The number of carbonyl (C=O) groups is 1. The fraction of sp³-hybridized carbons (Fsp3) is 0.562. The minimum absolute atomic E-state index is 0.0863. The van der Waals surface area contributed by atoms with Crippen LogP contribution in [0.3, 0.4) is 0 Å². The second-order valence-corrected chi connectivity index (χ2v) is 7.23. The Bertz CT molecular complexity index is 636. The van der Waals surface area contributed by atoms with Gasteiger partial charge in [0.2, 0.25) is 5.91 Å². The van der Waals surface area contributed by atoms with E-state index in [4.69, 9.17) is 0 Å². The van der Waals surface area contributed by atoms with E-state index in [1.54, 1.807) is 0 Å². The van der Waals surface area contributed by atoms with Gasteiger partial charge in [-0.3, -0.25) is 9.20 Å². The molecule has 1 saturated carbocycles. The van der Waals surface area contributed by atoms with E-state index in [2.05, 4.69) is 15.5 Å². The van der Waals surface area contributed by atoms with Crippen molar-refractivity contribution in [2.45, 2.75) is 49.4 Å². The molecule has 1 fully saturated rings. The highest BCUT2D eigenvalue weighted by Gasteiger charge is 2.19. The third-order valence-corrected chi connectivity index (χ3v) is 5.28. The molecule has 1 aliphatic rings. The van der Waals surface area contributed by atoms with Crippen molar-refractivity contribution in [1.29, 1.82) is 0 Å². The lowest BCUT2D eigenvalue weighted by atomic mass is 9.89. The normalized spacial score (nSPS) is 17.5. The van der Waals surface area contributed by atoms with Crippen molar-refractivity contribution in [2.75, 3.05) is 6.54 Å². The molecule has 2 aromatic heterocycles. The first kappa shape index (κ1) is 15.3. The lowest BCUT2D eigenvalue weighted by Crippen LogP contribution is -2.35. The standard InChI is InChI=1S/C16H22N4OS/c1-12(15(21)17-11-13-7-3-2-4-8-13)22-16-19-18-14-9-5-6-10-20(14)16/h5-6,9-10,12-13H,2-4,7-8,11H2,1H3,(H,17,21)/t12-/m1/s1. The van der Waals surface area contributed by atoms with Gasteiger partial charge in [-0.2, -0.15) is 0 Å². The zero-order valence-electron chi connectivity index (χ0n) is 12.9. The molecule has 22 heavy (non-hydrogen) atoms. The van der Waals surface area contributed by atoms with Crippen LogP contribution in [-0.4, -0.2) is 32.3 Å². The molecule has 1 amide bonds. The first-order valence-corrected chi connectivity index (χ1v) is 8.86. The first-order chi connectivity index (χ1) is 10.7. The average Bonchev–Trinajstić information content (AvgIpc) is 2.97. The molecule has 0 spiro atoms. The molecular formula is C16H22N4OS. The number of aromatic nitrogens is 3. The zero-order valence-corrected chi connectivity index (χ0v) is 13.7. The molecule has 2 heterocycles. The number of hydrogen-bond acceptors (Lipinski definition) is 4. The maximum Gasteiger partial charge on any atom is 0.233 e. The van der Waals surface area contributed by atoms with Crippen LogP contribution < -0.4 is 5.32 Å². The van der Waals surface area contributed by atoms with E-state index in [1.807, 2.05) is 35.7 Å². The molecule has 1 N–H and O–H groups in total. The number of thioether (sulfide) groups is 1. The molecule has 0 aliphatic heterocycles. The highest BCUT2D eigenvalue weighted by molar-refractivity contribution is 8.00. The predicted octanol–water partition coefficient (Wildman–Crippen LogP) is 2.91. The molecule has 0 unspecified atom stereocenters. The SMILES string of the molecule is C[C@@H](Sc1nnc2ccccn12)C(=O)NCC1CCCCC1. The molecule has 0 aromatic carbocycles. The van der Waals surface area contributed by atoms with E-state index in [9.17, 15) is 4.79 Å². The summed E-state index contributed by atoms with van der Waals surface area (Å²) in [6, 6.07) is 5.78. The Hall–Kier alpha value is -1.56. The van der Waals surface area contributed by atoms with Crippen LogP contribution in [0.5, 0.6) is 0 Å². The van der Waals surface area contributed by atoms with Gasteiger partial charge in [-0.15, -0.1) is 10.2 Å². The summed E-state index contributed by atoms with van der Waals surface area (Å²) in [7, 11) is 0. The molecule has 0 radical (unpaired) electrons. The molecule has 1 atom stereocenters. The predicted molar refractivity (Wildman–Crippen MR) is 87.9 cm³/mol. The monoisotopic (exact) mass is 318 g/mol.